The smallest absolute Gasteiger partial charge is 0.334 e. The van der Waals surface area contributed by atoms with Crippen molar-refractivity contribution >= 4 is 11.9 Å². The van der Waals surface area contributed by atoms with Gasteiger partial charge in [-0.3, -0.25) is 4.79 Å². The van der Waals surface area contributed by atoms with Gasteiger partial charge < -0.3 is 25.4 Å². The van der Waals surface area contributed by atoms with Crippen molar-refractivity contribution in [2.45, 2.75) is 6.10 Å². The summed E-state index contributed by atoms with van der Waals surface area (Å²) in [7, 11) is 1.22. The molecule has 1 aromatic carbocycles. The SMILES string of the molecule is COC(CNC(=O)c1ccc(O)c(O)c1)C(=O)O. The van der Waals surface area contributed by atoms with Crippen molar-refractivity contribution in [3.8, 4) is 11.5 Å². The van der Waals surface area contributed by atoms with E-state index in [2.05, 4.69) is 10.1 Å². The summed E-state index contributed by atoms with van der Waals surface area (Å²) in [6, 6.07) is 3.54. The number of phenolic OH excluding ortho intramolecular Hbond substituents is 2. The number of methoxy groups -OCH3 is 1. The summed E-state index contributed by atoms with van der Waals surface area (Å²) >= 11 is 0. The van der Waals surface area contributed by atoms with Gasteiger partial charge in [0.2, 0.25) is 0 Å². The fourth-order valence-electron chi connectivity index (χ4n) is 1.22. The third-order valence-corrected chi connectivity index (χ3v) is 2.25. The zero-order valence-electron chi connectivity index (χ0n) is 9.58. The van der Waals surface area contributed by atoms with Crippen LogP contribution in [0.5, 0.6) is 11.5 Å². The number of phenols is 2. The zero-order chi connectivity index (χ0) is 13.7. The maximum atomic E-state index is 11.6. The molecule has 0 aliphatic rings. The van der Waals surface area contributed by atoms with Gasteiger partial charge in [-0.15, -0.1) is 0 Å². The number of carboxylic acid groups (broad SMARTS) is 1. The molecule has 1 rings (SSSR count). The van der Waals surface area contributed by atoms with E-state index in [1.165, 1.54) is 13.2 Å². The van der Waals surface area contributed by atoms with Gasteiger partial charge >= 0.3 is 5.97 Å². The minimum atomic E-state index is -1.19. The molecule has 7 nitrogen and oxygen atoms in total. The number of aromatic hydroxyl groups is 2. The van der Waals surface area contributed by atoms with Crippen LogP contribution in [0.4, 0.5) is 0 Å². The second kappa shape index (κ2) is 5.87. The van der Waals surface area contributed by atoms with Gasteiger partial charge in [0.15, 0.2) is 17.6 Å². The van der Waals surface area contributed by atoms with Crippen molar-refractivity contribution in [1.29, 1.82) is 0 Å². The van der Waals surface area contributed by atoms with Gasteiger partial charge in [0.1, 0.15) is 0 Å². The average molecular weight is 255 g/mol. The highest BCUT2D eigenvalue weighted by Gasteiger charge is 2.18. The summed E-state index contributed by atoms with van der Waals surface area (Å²) in [6.07, 6.45) is -1.14. The highest BCUT2D eigenvalue weighted by Crippen LogP contribution is 2.24. The lowest BCUT2D eigenvalue weighted by Gasteiger charge is -2.11. The van der Waals surface area contributed by atoms with Crippen LogP contribution >= 0.6 is 0 Å². The molecule has 7 heteroatoms. The van der Waals surface area contributed by atoms with Gasteiger partial charge in [-0.05, 0) is 18.2 Å². The Balaban J connectivity index is 2.65. The number of hydrogen-bond donors (Lipinski definition) is 4. The van der Waals surface area contributed by atoms with Crippen LogP contribution in [0.2, 0.25) is 0 Å². The van der Waals surface area contributed by atoms with Crippen molar-refractivity contribution < 1.29 is 29.6 Å². The van der Waals surface area contributed by atoms with Crippen LogP contribution in [0.15, 0.2) is 18.2 Å². The first-order chi connectivity index (χ1) is 8.45. The summed E-state index contributed by atoms with van der Waals surface area (Å²) in [4.78, 5) is 22.2. The van der Waals surface area contributed by atoms with Crippen molar-refractivity contribution in [3.63, 3.8) is 0 Å². The van der Waals surface area contributed by atoms with E-state index in [0.29, 0.717) is 0 Å². The Morgan fingerprint density at radius 3 is 2.50 bits per heavy atom. The molecule has 0 aliphatic carbocycles. The molecule has 0 saturated heterocycles. The number of hydrogen-bond acceptors (Lipinski definition) is 5. The largest absolute Gasteiger partial charge is 0.504 e. The summed E-state index contributed by atoms with van der Waals surface area (Å²) in [5.74, 6) is -2.53. The average Bonchev–Trinajstić information content (AvgIpc) is 2.32. The molecule has 1 aromatic rings. The Bertz CT molecular complexity index is 459. The topological polar surface area (TPSA) is 116 Å². The molecule has 18 heavy (non-hydrogen) atoms. The first-order valence-electron chi connectivity index (χ1n) is 5.01. The monoisotopic (exact) mass is 255 g/mol. The predicted octanol–water partition coefficient (Wildman–Crippen LogP) is -0.0728. The molecule has 0 radical (unpaired) electrons. The molecule has 4 N–H and O–H groups in total. The van der Waals surface area contributed by atoms with E-state index in [1.54, 1.807) is 0 Å². The van der Waals surface area contributed by atoms with E-state index in [1.807, 2.05) is 0 Å². The van der Waals surface area contributed by atoms with E-state index in [4.69, 9.17) is 10.2 Å². The standard InChI is InChI=1S/C11H13NO6/c1-18-9(11(16)17)5-12-10(15)6-2-3-7(13)8(14)4-6/h2-4,9,13-14H,5H2,1H3,(H,12,15)(H,16,17). The van der Waals surface area contributed by atoms with Crippen LogP contribution in [0.1, 0.15) is 10.4 Å². The summed E-state index contributed by atoms with van der Waals surface area (Å²) in [6.45, 7) is -0.202. The molecule has 0 aromatic heterocycles. The Labute approximate surface area is 103 Å². The zero-order valence-corrected chi connectivity index (χ0v) is 9.58. The van der Waals surface area contributed by atoms with Crippen LogP contribution in [0.25, 0.3) is 0 Å². The number of carbonyl (C=O) groups is 2. The van der Waals surface area contributed by atoms with E-state index in [9.17, 15) is 14.7 Å². The van der Waals surface area contributed by atoms with E-state index in [-0.39, 0.29) is 17.9 Å². The van der Waals surface area contributed by atoms with Crippen LogP contribution in [0.3, 0.4) is 0 Å². The summed E-state index contributed by atoms with van der Waals surface area (Å²) in [5.41, 5.74) is 0.102. The lowest BCUT2D eigenvalue weighted by molar-refractivity contribution is -0.148. The van der Waals surface area contributed by atoms with Gasteiger partial charge in [-0.2, -0.15) is 0 Å². The van der Waals surface area contributed by atoms with Crippen LogP contribution < -0.4 is 5.32 Å². The maximum absolute atomic E-state index is 11.6. The lowest BCUT2D eigenvalue weighted by atomic mass is 10.2. The number of amides is 1. The van der Waals surface area contributed by atoms with Gasteiger partial charge in [-0.1, -0.05) is 0 Å². The van der Waals surface area contributed by atoms with Crippen LogP contribution in [-0.2, 0) is 9.53 Å². The quantitative estimate of drug-likeness (QED) is 0.547. The van der Waals surface area contributed by atoms with E-state index in [0.717, 1.165) is 12.1 Å². The minimum Gasteiger partial charge on any atom is -0.504 e. The van der Waals surface area contributed by atoms with Gasteiger partial charge in [0.25, 0.3) is 5.91 Å². The molecule has 1 atom stereocenters. The van der Waals surface area contributed by atoms with Crippen molar-refractivity contribution in [1.82, 2.24) is 5.32 Å². The van der Waals surface area contributed by atoms with Crippen molar-refractivity contribution in [2.75, 3.05) is 13.7 Å². The number of aliphatic carboxylic acids is 1. The summed E-state index contributed by atoms with van der Waals surface area (Å²) in [5, 5.41) is 29.3. The number of benzene rings is 1. The second-order valence-electron chi connectivity index (χ2n) is 3.48. The third-order valence-electron chi connectivity index (χ3n) is 2.25. The normalized spacial score (nSPS) is 11.8. The van der Waals surface area contributed by atoms with Gasteiger partial charge in [0.05, 0.1) is 6.54 Å². The lowest BCUT2D eigenvalue weighted by Crippen LogP contribution is -2.37. The molecule has 0 bridgehead atoms. The maximum Gasteiger partial charge on any atom is 0.334 e. The number of rotatable bonds is 5. The molecule has 0 aliphatic heterocycles. The molecule has 0 spiro atoms. The van der Waals surface area contributed by atoms with Crippen LogP contribution in [0, 0.1) is 0 Å². The highest BCUT2D eigenvalue weighted by atomic mass is 16.5. The van der Waals surface area contributed by atoms with E-state index < -0.39 is 23.7 Å². The summed E-state index contributed by atoms with van der Waals surface area (Å²) < 4.78 is 4.64. The Morgan fingerprint density at radius 1 is 1.33 bits per heavy atom. The Kier molecular flexibility index (Phi) is 4.50. The van der Waals surface area contributed by atoms with E-state index >= 15 is 0 Å². The third kappa shape index (κ3) is 3.36. The fourth-order valence-corrected chi connectivity index (χ4v) is 1.22. The molecular weight excluding hydrogens is 242 g/mol. The highest BCUT2D eigenvalue weighted by molar-refractivity contribution is 5.95. The first-order valence-corrected chi connectivity index (χ1v) is 5.01. The second-order valence-corrected chi connectivity index (χ2v) is 3.48. The van der Waals surface area contributed by atoms with Crippen molar-refractivity contribution in [2.24, 2.45) is 0 Å². The van der Waals surface area contributed by atoms with Crippen LogP contribution in [-0.4, -0.2) is 47.0 Å². The molecule has 1 unspecified atom stereocenters. The number of carboxylic acids is 1. The number of carbonyl (C=O) groups excluding carboxylic acids is 1. The van der Waals surface area contributed by atoms with Gasteiger partial charge in [-0.25, -0.2) is 4.79 Å². The molecule has 98 valence electrons. The molecule has 1 amide bonds. The Morgan fingerprint density at radius 2 is 2.00 bits per heavy atom. The molecule has 0 heterocycles. The Hall–Kier alpha value is -2.28. The number of ether oxygens (including phenoxy) is 1. The first kappa shape index (κ1) is 13.8. The van der Waals surface area contributed by atoms with Crippen molar-refractivity contribution in [3.05, 3.63) is 23.8 Å². The number of nitrogens with one attached hydrogen (secondary N) is 1. The minimum absolute atomic E-state index is 0.102. The fraction of sp³-hybridized carbons (Fsp3) is 0.273. The predicted molar refractivity (Wildman–Crippen MR) is 60.5 cm³/mol. The molecule has 0 fully saturated rings. The molecular formula is C11H13NO6. The van der Waals surface area contributed by atoms with Gasteiger partial charge in [0, 0.05) is 12.7 Å². The molecule has 0 saturated carbocycles.